The molecule has 0 saturated heterocycles. The van der Waals surface area contributed by atoms with E-state index in [1.807, 2.05) is 22.7 Å². The molecule has 12 aromatic carbocycles. The van der Waals surface area contributed by atoms with Gasteiger partial charge in [0, 0.05) is 95.4 Å². The second-order valence-corrected chi connectivity index (χ2v) is 32.0. The molecule has 110 heavy (non-hydrogen) atoms. The Morgan fingerprint density at radius 1 is 0.264 bits per heavy atom. The topological polar surface area (TPSA) is 35.2 Å². The molecule has 0 saturated carbocycles. The van der Waals surface area contributed by atoms with Crippen LogP contribution in [-0.2, 0) is 56.4 Å². The molecule has 0 amide bonds. The maximum absolute atomic E-state index is 2.38. The highest BCUT2D eigenvalue weighted by molar-refractivity contribution is 7.22. The van der Waals surface area contributed by atoms with Crippen molar-refractivity contribution in [1.29, 1.82) is 0 Å². The zero-order chi connectivity index (χ0) is 75.1. The summed E-state index contributed by atoms with van der Waals surface area (Å²) in [7, 11) is 17.4. The summed E-state index contributed by atoms with van der Waals surface area (Å²) in [5, 5.41) is 23.6. The van der Waals surface area contributed by atoms with Gasteiger partial charge in [-0.05, 0) is 154 Å². The lowest BCUT2D eigenvalue weighted by Crippen LogP contribution is -2.33. The van der Waals surface area contributed by atoms with Crippen LogP contribution in [0.25, 0.3) is 194 Å². The van der Waals surface area contributed by atoms with Crippen molar-refractivity contribution in [2.24, 2.45) is 56.4 Å². The Morgan fingerprint density at radius 3 is 1.19 bits per heavy atom. The highest BCUT2D eigenvalue weighted by atomic mass is 32.1. The smallest absolute Gasteiger partial charge is 0.289 e. The second kappa shape index (κ2) is 26.7. The number of rotatable bonds is 4. The molecule has 0 aliphatic carbocycles. The Bertz CT molecular complexity index is 7420. The number of pyridine rings is 4. The standard InChI is InChI=1S/2C26H21N2S.2C24H21N2/c1-16-18-9-6-7-11-24(18)29-26(16)22-14-21-20-13-12-17-8-4-5-10-19(17)25(20)28(3)23(21)15-27(22)2;1-16-19-10-6-7-11-25(19)29-26(16)23-14-21-20-12-17-8-4-5-9-18(17)13-22(20)28(3)24(21)15-27(23)2;1-16-8-4-6-10-18(16)21-15-13-20-23-19-11-7-5-9-17(19)12-14-22(23)26(3)24(20)25(21)2;1-16-8-4-6-10-18(16)22-15-14-21-20-13-12-17-9-5-7-11-19(17)23(20)26(3)24(21)25(22)2/h2*4-15H,1-3H3;2*4-15H,1-3H3/q4*+1. The molecule has 0 fully saturated rings. The molecule has 22 aromatic rings. The molecule has 10 heteroatoms. The number of hydrogen-bond donors (Lipinski definition) is 0. The van der Waals surface area contributed by atoms with Gasteiger partial charge in [-0.1, -0.05) is 206 Å². The SMILES string of the molecule is Cc1c(-c2cc3c4cc5ccccc5cc4n(C)c3c[n+]2C)sc2ccccc12.Cc1c(-c2cc3c4ccc5ccccc5c4n(C)c3c[n+]2C)sc2ccccc12.Cc1ccccc1-c1ccc2c3c4ccccc4ccc3n(C)c2[n+]1C.Cc1ccccc1-c1ccc2c3ccc4ccccc4c3n(C)c2[n+]1C. The molecule has 0 radical (unpaired) electrons. The first-order valence-electron chi connectivity index (χ1n) is 37.9. The van der Waals surface area contributed by atoms with Crippen LogP contribution in [0, 0.1) is 27.7 Å². The first-order valence-corrected chi connectivity index (χ1v) is 39.5. The van der Waals surface area contributed by atoms with Gasteiger partial charge in [-0.15, -0.1) is 22.7 Å². The molecular formula is C100H84N8S2+4. The van der Waals surface area contributed by atoms with Crippen LogP contribution >= 0.6 is 22.7 Å². The van der Waals surface area contributed by atoms with E-state index < -0.39 is 0 Å². The average Bonchev–Trinajstić information content (AvgIpc) is 1.60. The van der Waals surface area contributed by atoms with E-state index in [9.17, 15) is 0 Å². The predicted octanol–water partition coefficient (Wildman–Crippen LogP) is 23.6. The van der Waals surface area contributed by atoms with Crippen molar-refractivity contribution in [2.45, 2.75) is 27.7 Å². The van der Waals surface area contributed by atoms with Gasteiger partial charge >= 0.3 is 0 Å². The molecule has 0 spiro atoms. The fourth-order valence-corrected chi connectivity index (χ4v) is 20.5. The van der Waals surface area contributed by atoms with E-state index >= 15 is 0 Å². The molecule has 0 N–H and O–H groups in total. The van der Waals surface area contributed by atoms with Crippen molar-refractivity contribution < 1.29 is 18.3 Å². The van der Waals surface area contributed by atoms with Crippen molar-refractivity contribution >= 4 is 173 Å². The Kier molecular flexibility index (Phi) is 16.5. The molecule has 10 heterocycles. The lowest BCUT2D eigenvalue weighted by Gasteiger charge is -2.08. The minimum absolute atomic E-state index is 1.24. The predicted molar refractivity (Wildman–Crippen MR) is 468 cm³/mol. The number of nitrogens with zero attached hydrogens (tertiary/aromatic N) is 8. The van der Waals surface area contributed by atoms with Crippen LogP contribution < -0.4 is 18.3 Å². The van der Waals surface area contributed by atoms with Gasteiger partial charge in [0.05, 0.1) is 44.5 Å². The fourth-order valence-electron chi connectivity index (χ4n) is 18.0. The monoisotopic (exact) mass is 1460 g/mol. The molecule has 8 nitrogen and oxygen atoms in total. The quantitative estimate of drug-likeness (QED) is 0.157. The van der Waals surface area contributed by atoms with Crippen LogP contribution in [0.5, 0.6) is 0 Å². The first-order chi connectivity index (χ1) is 53.6. The lowest BCUT2D eigenvalue weighted by atomic mass is 10.0. The van der Waals surface area contributed by atoms with Crippen molar-refractivity contribution in [3.8, 4) is 43.7 Å². The van der Waals surface area contributed by atoms with E-state index in [1.165, 1.54) is 217 Å². The molecular weight excluding hydrogens is 1380 g/mol. The minimum atomic E-state index is 1.24. The summed E-state index contributed by atoms with van der Waals surface area (Å²) < 4.78 is 21.2. The molecule has 0 aliphatic rings. The fraction of sp³-hybridized carbons (Fsp3) is 0.120. The Hall–Kier alpha value is -12.6. The van der Waals surface area contributed by atoms with E-state index in [0.29, 0.717) is 0 Å². The van der Waals surface area contributed by atoms with E-state index in [0.717, 1.165) is 0 Å². The van der Waals surface area contributed by atoms with Gasteiger partial charge < -0.3 is 9.13 Å². The molecule has 0 aliphatic heterocycles. The summed E-state index contributed by atoms with van der Waals surface area (Å²) in [5.74, 6) is 0. The normalized spacial score (nSPS) is 11.8. The van der Waals surface area contributed by atoms with E-state index in [1.54, 1.807) is 0 Å². The zero-order valence-corrected chi connectivity index (χ0v) is 65.7. The minimum Gasteiger partial charge on any atom is -0.339 e. The number of aromatic nitrogens is 8. The Balaban J connectivity index is 0.0000000994. The van der Waals surface area contributed by atoms with Gasteiger partial charge in [-0.2, -0.15) is 9.13 Å². The first kappa shape index (κ1) is 68.0. The summed E-state index contributed by atoms with van der Waals surface area (Å²) in [6.07, 6.45) is 4.56. The summed E-state index contributed by atoms with van der Waals surface area (Å²) in [6.45, 7) is 8.84. The molecule has 0 atom stereocenters. The molecule has 0 bridgehead atoms. The van der Waals surface area contributed by atoms with Gasteiger partial charge in [-0.25, -0.2) is 18.3 Å². The summed E-state index contributed by atoms with van der Waals surface area (Å²) >= 11 is 3.77. The lowest BCUT2D eigenvalue weighted by molar-refractivity contribution is -0.659. The van der Waals surface area contributed by atoms with Crippen molar-refractivity contribution in [3.63, 3.8) is 0 Å². The van der Waals surface area contributed by atoms with Crippen LogP contribution in [0.2, 0.25) is 0 Å². The highest BCUT2D eigenvalue weighted by Crippen LogP contribution is 2.43. The molecule has 22 rings (SSSR count). The zero-order valence-electron chi connectivity index (χ0n) is 64.1. The van der Waals surface area contributed by atoms with Crippen molar-refractivity contribution in [3.05, 3.63) is 314 Å². The third-order valence-corrected chi connectivity index (χ3v) is 26.2. The number of hydrogen-bond acceptors (Lipinski definition) is 2. The molecule has 10 aromatic heterocycles. The third kappa shape index (κ3) is 10.8. The van der Waals surface area contributed by atoms with Crippen LogP contribution in [0.4, 0.5) is 0 Å². The van der Waals surface area contributed by atoms with Crippen LogP contribution in [-0.4, -0.2) is 18.3 Å². The average molecular weight is 1460 g/mol. The number of benzene rings is 12. The second-order valence-electron chi connectivity index (χ2n) is 29.9. The highest BCUT2D eigenvalue weighted by Gasteiger charge is 2.28. The largest absolute Gasteiger partial charge is 0.339 e. The number of fused-ring (bicyclic) bond motifs is 21. The van der Waals surface area contributed by atoms with E-state index in [2.05, 4.69) is 412 Å². The van der Waals surface area contributed by atoms with Gasteiger partial charge in [0.25, 0.3) is 11.3 Å². The van der Waals surface area contributed by atoms with Crippen LogP contribution in [0.1, 0.15) is 22.3 Å². The van der Waals surface area contributed by atoms with E-state index in [-0.39, 0.29) is 0 Å². The Labute approximate surface area is 646 Å². The van der Waals surface area contributed by atoms with Gasteiger partial charge in [-0.3, -0.25) is 0 Å². The van der Waals surface area contributed by atoms with Crippen LogP contribution in [0.3, 0.4) is 0 Å². The maximum Gasteiger partial charge on any atom is 0.289 e. The Morgan fingerprint density at radius 2 is 0.655 bits per heavy atom. The van der Waals surface area contributed by atoms with Gasteiger partial charge in [0.1, 0.15) is 57.3 Å². The molecule has 532 valence electrons. The number of aryl methyl sites for hydroxylation is 12. The summed E-state index contributed by atoms with van der Waals surface area (Å²) in [4.78, 5) is 2.71. The van der Waals surface area contributed by atoms with Crippen molar-refractivity contribution in [1.82, 2.24) is 18.3 Å². The van der Waals surface area contributed by atoms with E-state index in [4.69, 9.17) is 0 Å². The number of thiophene rings is 2. The molecule has 0 unspecified atom stereocenters. The maximum atomic E-state index is 2.38. The summed E-state index contributed by atoms with van der Waals surface area (Å²) in [5.41, 5.74) is 23.1. The van der Waals surface area contributed by atoms with Gasteiger partial charge in [0.15, 0.2) is 12.4 Å². The third-order valence-electron chi connectivity index (χ3n) is 23.6. The van der Waals surface area contributed by atoms with Crippen molar-refractivity contribution in [2.75, 3.05) is 0 Å². The van der Waals surface area contributed by atoms with Crippen LogP contribution in [0.15, 0.2) is 291 Å². The van der Waals surface area contributed by atoms with Gasteiger partial charge in [0.2, 0.25) is 11.4 Å². The summed E-state index contributed by atoms with van der Waals surface area (Å²) in [6, 6.07) is 101.